The molecular weight excluding hydrogens is 188 g/mol. The average molecular weight is 208 g/mol. The van der Waals surface area contributed by atoms with Gasteiger partial charge in [-0.15, -0.1) is 12.3 Å². The zero-order valence-corrected chi connectivity index (χ0v) is 9.55. The van der Waals surface area contributed by atoms with E-state index in [0.29, 0.717) is 12.3 Å². The van der Waals surface area contributed by atoms with E-state index in [1.54, 1.807) is 0 Å². The lowest BCUT2D eigenvalue weighted by molar-refractivity contribution is -0.126. The lowest BCUT2D eigenvalue weighted by Crippen LogP contribution is -2.40. The summed E-state index contributed by atoms with van der Waals surface area (Å²) in [6.45, 7) is 5.87. The fourth-order valence-electron chi connectivity index (χ4n) is 1.91. The summed E-state index contributed by atoms with van der Waals surface area (Å²) >= 11 is 0. The van der Waals surface area contributed by atoms with Crippen LogP contribution in [0.15, 0.2) is 0 Å². The number of carbonyl (C=O) groups is 1. The SMILES string of the molecule is C#CCC(CC)NC(=O)[C@@H]1CNC[C@H]1C. The van der Waals surface area contributed by atoms with Crippen molar-refractivity contribution in [3.63, 3.8) is 0 Å². The summed E-state index contributed by atoms with van der Waals surface area (Å²) in [5, 5.41) is 6.24. The number of amides is 1. The van der Waals surface area contributed by atoms with Gasteiger partial charge in [0.25, 0.3) is 0 Å². The lowest BCUT2D eigenvalue weighted by Gasteiger charge is -2.19. The van der Waals surface area contributed by atoms with Gasteiger partial charge in [-0.2, -0.15) is 0 Å². The molecule has 0 bridgehead atoms. The topological polar surface area (TPSA) is 41.1 Å². The van der Waals surface area contributed by atoms with E-state index in [1.165, 1.54) is 0 Å². The molecular formula is C12H20N2O. The quantitative estimate of drug-likeness (QED) is 0.670. The normalized spacial score (nSPS) is 27.0. The maximum Gasteiger partial charge on any atom is 0.224 e. The fourth-order valence-corrected chi connectivity index (χ4v) is 1.91. The molecule has 3 atom stereocenters. The summed E-state index contributed by atoms with van der Waals surface area (Å²) in [5.74, 6) is 3.28. The highest BCUT2D eigenvalue weighted by atomic mass is 16.2. The van der Waals surface area contributed by atoms with Crippen LogP contribution in [0.4, 0.5) is 0 Å². The first-order valence-electron chi connectivity index (χ1n) is 5.63. The van der Waals surface area contributed by atoms with E-state index in [-0.39, 0.29) is 17.9 Å². The zero-order valence-electron chi connectivity index (χ0n) is 9.55. The van der Waals surface area contributed by atoms with Gasteiger partial charge >= 0.3 is 0 Å². The minimum absolute atomic E-state index is 0.108. The molecule has 1 amide bonds. The maximum absolute atomic E-state index is 11.9. The number of terminal acetylenes is 1. The van der Waals surface area contributed by atoms with Gasteiger partial charge in [-0.3, -0.25) is 4.79 Å². The molecule has 1 heterocycles. The van der Waals surface area contributed by atoms with Crippen LogP contribution in [0.3, 0.4) is 0 Å². The minimum Gasteiger partial charge on any atom is -0.352 e. The number of rotatable bonds is 4. The lowest BCUT2D eigenvalue weighted by atomic mass is 9.96. The van der Waals surface area contributed by atoms with Crippen molar-refractivity contribution in [2.24, 2.45) is 11.8 Å². The van der Waals surface area contributed by atoms with Gasteiger partial charge < -0.3 is 10.6 Å². The van der Waals surface area contributed by atoms with Crippen molar-refractivity contribution in [3.8, 4) is 12.3 Å². The Morgan fingerprint density at radius 2 is 2.40 bits per heavy atom. The highest BCUT2D eigenvalue weighted by Gasteiger charge is 2.30. The summed E-state index contributed by atoms with van der Waals surface area (Å²) in [5.41, 5.74) is 0. The third-order valence-corrected chi connectivity index (χ3v) is 3.06. The molecule has 3 heteroatoms. The monoisotopic (exact) mass is 208 g/mol. The maximum atomic E-state index is 11.9. The minimum atomic E-state index is 0.108. The van der Waals surface area contributed by atoms with E-state index >= 15 is 0 Å². The third-order valence-electron chi connectivity index (χ3n) is 3.06. The highest BCUT2D eigenvalue weighted by molar-refractivity contribution is 5.79. The van der Waals surface area contributed by atoms with Crippen molar-refractivity contribution in [2.75, 3.05) is 13.1 Å². The van der Waals surface area contributed by atoms with Crippen LogP contribution in [0.1, 0.15) is 26.7 Å². The molecule has 0 aromatic rings. The molecule has 3 nitrogen and oxygen atoms in total. The summed E-state index contributed by atoms with van der Waals surface area (Å²) in [4.78, 5) is 11.9. The predicted octanol–water partition coefficient (Wildman–Crippen LogP) is 0.760. The van der Waals surface area contributed by atoms with Crippen LogP contribution in [0.25, 0.3) is 0 Å². The van der Waals surface area contributed by atoms with Gasteiger partial charge in [0.15, 0.2) is 0 Å². The molecule has 1 saturated heterocycles. The number of hydrogen-bond acceptors (Lipinski definition) is 2. The van der Waals surface area contributed by atoms with Crippen LogP contribution in [0.2, 0.25) is 0 Å². The predicted molar refractivity (Wildman–Crippen MR) is 61.2 cm³/mol. The highest BCUT2D eigenvalue weighted by Crippen LogP contribution is 2.16. The van der Waals surface area contributed by atoms with E-state index < -0.39 is 0 Å². The Hall–Kier alpha value is -1.01. The molecule has 2 N–H and O–H groups in total. The van der Waals surface area contributed by atoms with E-state index in [0.717, 1.165) is 19.5 Å². The molecule has 0 aromatic heterocycles. The Labute approximate surface area is 92.0 Å². The van der Waals surface area contributed by atoms with Crippen molar-refractivity contribution in [3.05, 3.63) is 0 Å². The second-order valence-electron chi connectivity index (χ2n) is 4.26. The molecule has 1 rings (SSSR count). The second-order valence-corrected chi connectivity index (χ2v) is 4.26. The van der Waals surface area contributed by atoms with Crippen LogP contribution < -0.4 is 10.6 Å². The van der Waals surface area contributed by atoms with Crippen molar-refractivity contribution < 1.29 is 4.79 Å². The van der Waals surface area contributed by atoms with Gasteiger partial charge in [0.1, 0.15) is 0 Å². The molecule has 1 aliphatic rings. The Balaban J connectivity index is 2.43. The molecule has 0 radical (unpaired) electrons. The summed E-state index contributed by atoms with van der Waals surface area (Å²) in [6, 6.07) is 0.135. The van der Waals surface area contributed by atoms with Crippen molar-refractivity contribution >= 4 is 5.91 Å². The molecule has 1 unspecified atom stereocenters. The van der Waals surface area contributed by atoms with Gasteiger partial charge in [0.2, 0.25) is 5.91 Å². The molecule has 0 aliphatic carbocycles. The largest absolute Gasteiger partial charge is 0.352 e. The van der Waals surface area contributed by atoms with Crippen LogP contribution in [-0.2, 0) is 4.79 Å². The molecule has 15 heavy (non-hydrogen) atoms. The molecule has 0 spiro atoms. The molecule has 1 fully saturated rings. The standard InChI is InChI=1S/C12H20N2O/c1-4-6-10(5-2)14-12(15)11-8-13-7-9(11)3/h1,9-11,13H,5-8H2,2-3H3,(H,14,15)/t9-,10?,11-/m1/s1. The fraction of sp³-hybridized carbons (Fsp3) is 0.750. The van der Waals surface area contributed by atoms with Crippen molar-refractivity contribution in [1.29, 1.82) is 0 Å². The number of nitrogens with one attached hydrogen (secondary N) is 2. The Morgan fingerprint density at radius 1 is 1.67 bits per heavy atom. The molecule has 0 saturated carbocycles. The number of carbonyl (C=O) groups excluding carboxylic acids is 1. The third kappa shape index (κ3) is 3.24. The van der Waals surface area contributed by atoms with Crippen LogP contribution in [-0.4, -0.2) is 25.0 Å². The summed E-state index contributed by atoms with van der Waals surface area (Å²) in [6.07, 6.45) is 6.76. The molecule has 1 aliphatic heterocycles. The first kappa shape index (κ1) is 12.1. The number of hydrogen-bond donors (Lipinski definition) is 2. The summed E-state index contributed by atoms with van der Waals surface area (Å²) < 4.78 is 0. The van der Waals surface area contributed by atoms with Gasteiger partial charge in [-0.1, -0.05) is 13.8 Å². The second kappa shape index (κ2) is 5.77. The summed E-state index contributed by atoms with van der Waals surface area (Å²) in [7, 11) is 0. The van der Waals surface area contributed by atoms with Crippen LogP contribution in [0.5, 0.6) is 0 Å². The zero-order chi connectivity index (χ0) is 11.3. The molecule has 84 valence electrons. The van der Waals surface area contributed by atoms with E-state index in [2.05, 4.69) is 23.5 Å². The Bertz CT molecular complexity index is 257. The van der Waals surface area contributed by atoms with E-state index in [4.69, 9.17) is 6.42 Å². The van der Waals surface area contributed by atoms with E-state index in [1.807, 2.05) is 6.92 Å². The Morgan fingerprint density at radius 3 is 2.87 bits per heavy atom. The first-order valence-corrected chi connectivity index (χ1v) is 5.63. The Kier molecular flexibility index (Phi) is 4.64. The van der Waals surface area contributed by atoms with Crippen molar-refractivity contribution in [1.82, 2.24) is 10.6 Å². The molecule has 0 aromatic carbocycles. The van der Waals surface area contributed by atoms with Gasteiger partial charge in [-0.25, -0.2) is 0 Å². The van der Waals surface area contributed by atoms with E-state index in [9.17, 15) is 4.79 Å². The first-order chi connectivity index (χ1) is 7.19. The van der Waals surface area contributed by atoms with Gasteiger partial charge in [0.05, 0.1) is 5.92 Å². The van der Waals surface area contributed by atoms with Gasteiger partial charge in [-0.05, 0) is 18.9 Å². The average Bonchev–Trinajstić information content (AvgIpc) is 2.63. The van der Waals surface area contributed by atoms with Crippen LogP contribution in [0, 0.1) is 24.2 Å². The van der Waals surface area contributed by atoms with Crippen molar-refractivity contribution in [2.45, 2.75) is 32.7 Å². The van der Waals surface area contributed by atoms with Gasteiger partial charge in [0, 0.05) is 19.0 Å². The smallest absolute Gasteiger partial charge is 0.224 e. The van der Waals surface area contributed by atoms with Crippen LogP contribution >= 0.6 is 0 Å².